The maximum absolute atomic E-state index is 9.96. The second-order valence-electron chi connectivity index (χ2n) is 11.4. The standard InChI is InChI=1S/C50H32O/c1-30-36-14-4-5-16-39(36)45-28-33(22-24-37(30)45)32-12-10-13-34(27-32)48-40-17-6-8-19-42(40)49(43-20-9-7-18-41(43)48)35-23-26-47-46(29-35)44-25-21-31-11-2-3-15-38(31)50(44)51-47/h2-30H,1H3/i1D3,2D,3D,4D,5D,6D,7D,8D,9D,10D,11D,12D,13D,14D,15D,16D,17D,18D,19D,20D,21D,22D,23D,24D,25D,26D,27D,28D,29D,30D. The maximum Gasteiger partial charge on any atom is 0.143 e. The average Bonchev–Trinajstić information content (AvgIpc) is 1.88. The Bertz CT molecular complexity index is 4740. The van der Waals surface area contributed by atoms with Gasteiger partial charge in [-0.1, -0.05) is 146 Å². The van der Waals surface area contributed by atoms with E-state index in [4.69, 9.17) is 27.7 Å². The SMILES string of the molecule is [2H]c1c([2H])c(-c2c([2H])c([2H])c3c(c2[2H])-c2c([2H])c([2H])c([2H])c([2H])c2C3([2H])C([2H])([2H])[2H])c([2H])c(-c2c3c([2H])c([2H])c([2H])c([2H])c3c(-c3c([2H])c([2H])c4oc5c6c([2H])c([2H])c([2H])c([2H])c6c([2H])c([2H])c5c4c3[2H])c3c([2H])c([2H])c([2H])c([2H])c23)c1[2H]. The minimum atomic E-state index is -3.57. The van der Waals surface area contributed by atoms with Crippen LogP contribution in [0.4, 0.5) is 0 Å². The summed E-state index contributed by atoms with van der Waals surface area (Å²) >= 11 is 0. The predicted octanol–water partition coefficient (Wildman–Crippen LogP) is 14.2. The Kier molecular flexibility index (Phi) is 2.38. The summed E-state index contributed by atoms with van der Waals surface area (Å²) in [4.78, 5) is 0. The zero-order chi connectivity index (χ0) is 61.4. The molecule has 1 aliphatic carbocycles. The van der Waals surface area contributed by atoms with Crippen LogP contribution in [-0.2, 0) is 0 Å². The van der Waals surface area contributed by atoms with E-state index in [1.54, 1.807) is 0 Å². The van der Waals surface area contributed by atoms with Crippen LogP contribution in [0.3, 0.4) is 0 Å². The van der Waals surface area contributed by atoms with Crippen LogP contribution in [0.2, 0.25) is 0 Å². The second kappa shape index (κ2) is 10.8. The molecular weight excluding hydrogens is 617 g/mol. The first-order valence-corrected chi connectivity index (χ1v) is 15.2. The third-order valence-corrected chi connectivity index (χ3v) is 8.69. The molecule has 0 saturated carbocycles. The lowest BCUT2D eigenvalue weighted by Crippen LogP contribution is -1.91. The van der Waals surface area contributed by atoms with Gasteiger partial charge in [-0.15, -0.1) is 0 Å². The van der Waals surface area contributed by atoms with Crippen molar-refractivity contribution in [2.45, 2.75) is 12.7 Å². The number of hydrogen-bond donors (Lipinski definition) is 0. The highest BCUT2D eigenvalue weighted by Crippen LogP contribution is 2.48. The zero-order valence-electron chi connectivity index (χ0n) is 57.4. The molecule has 11 rings (SSSR count). The van der Waals surface area contributed by atoms with Crippen LogP contribution in [-0.4, -0.2) is 0 Å². The van der Waals surface area contributed by atoms with Gasteiger partial charge in [-0.3, -0.25) is 0 Å². The molecule has 1 heterocycles. The first kappa shape index (κ1) is 11.3. The zero-order valence-corrected chi connectivity index (χ0v) is 25.4. The molecule has 0 saturated heterocycles. The molecule has 0 aliphatic heterocycles. The van der Waals surface area contributed by atoms with Crippen LogP contribution in [0.15, 0.2) is 174 Å². The van der Waals surface area contributed by atoms with Gasteiger partial charge in [-0.25, -0.2) is 0 Å². The molecule has 9 aromatic carbocycles. The molecular formula is C50H32O. The highest BCUT2D eigenvalue weighted by molar-refractivity contribution is 6.23. The van der Waals surface area contributed by atoms with Gasteiger partial charge in [-0.2, -0.15) is 0 Å². The third-order valence-electron chi connectivity index (χ3n) is 8.69. The number of fused-ring (bicyclic) bond motifs is 10. The summed E-state index contributed by atoms with van der Waals surface area (Å²) in [5, 5.41) is -5.32. The van der Waals surface area contributed by atoms with E-state index in [0.29, 0.717) is 0 Å². The molecule has 1 heteroatoms. The van der Waals surface area contributed by atoms with Gasteiger partial charge in [0.15, 0.2) is 0 Å². The van der Waals surface area contributed by atoms with E-state index in [1.807, 2.05) is 0 Å². The number of hydrogen-bond acceptors (Lipinski definition) is 1. The van der Waals surface area contributed by atoms with E-state index in [-0.39, 0.29) is 0 Å². The van der Waals surface area contributed by atoms with Crippen molar-refractivity contribution >= 4 is 54.3 Å². The summed E-state index contributed by atoms with van der Waals surface area (Å²) in [7, 11) is 0. The van der Waals surface area contributed by atoms with Gasteiger partial charge in [-0.05, 0) is 113 Å². The fraction of sp³-hybridized carbons (Fsp3) is 0.0400. The van der Waals surface area contributed by atoms with Crippen molar-refractivity contribution < 1.29 is 48.3 Å². The van der Waals surface area contributed by atoms with Gasteiger partial charge in [0.05, 0.1) is 38.4 Å². The summed E-state index contributed by atoms with van der Waals surface area (Å²) in [6.07, 6.45) is 0. The molecule has 0 bridgehead atoms. The highest BCUT2D eigenvalue weighted by Gasteiger charge is 2.25. The third kappa shape index (κ3) is 4.16. The van der Waals surface area contributed by atoms with E-state index in [1.165, 1.54) is 0 Å². The Morgan fingerprint density at radius 1 is 0.451 bits per heavy atom. The number of furan rings is 1. The van der Waals surface area contributed by atoms with Crippen molar-refractivity contribution in [3.8, 4) is 44.5 Å². The Balaban J connectivity index is 1.36. The van der Waals surface area contributed by atoms with Gasteiger partial charge >= 0.3 is 0 Å². The van der Waals surface area contributed by atoms with Crippen LogP contribution >= 0.6 is 0 Å². The summed E-state index contributed by atoms with van der Waals surface area (Å²) in [5.41, 5.74) is -10.0. The van der Waals surface area contributed by atoms with Crippen LogP contribution in [0.1, 0.15) is 67.7 Å². The van der Waals surface area contributed by atoms with Crippen LogP contribution in [0.5, 0.6) is 0 Å². The smallest absolute Gasteiger partial charge is 0.143 e. The monoisotopic (exact) mass is 680 g/mol. The Morgan fingerprint density at radius 2 is 1.06 bits per heavy atom. The Labute approximate surface area is 341 Å². The van der Waals surface area contributed by atoms with Crippen LogP contribution in [0.25, 0.3) is 98.8 Å². The normalized spacial score (nSPS) is 24.3. The van der Waals surface area contributed by atoms with Crippen molar-refractivity contribution in [1.82, 2.24) is 0 Å². The van der Waals surface area contributed by atoms with Gasteiger partial charge in [0.25, 0.3) is 0 Å². The number of rotatable bonds is 3. The largest absolute Gasteiger partial charge is 0.455 e. The molecule has 10 aromatic rings. The predicted molar refractivity (Wildman–Crippen MR) is 215 cm³/mol. The lowest BCUT2D eigenvalue weighted by Gasteiger charge is -2.18. The van der Waals surface area contributed by atoms with Crippen molar-refractivity contribution in [3.05, 3.63) is 180 Å². The van der Waals surface area contributed by atoms with Gasteiger partial charge < -0.3 is 4.42 Å². The lowest BCUT2D eigenvalue weighted by molar-refractivity contribution is 0.672. The second-order valence-corrected chi connectivity index (χ2v) is 11.4. The van der Waals surface area contributed by atoms with Crippen molar-refractivity contribution in [1.29, 1.82) is 0 Å². The maximum atomic E-state index is 9.96. The molecule has 1 atom stereocenters. The molecule has 0 N–H and O–H groups in total. The Morgan fingerprint density at radius 3 is 1.82 bits per heavy atom. The fourth-order valence-corrected chi connectivity index (χ4v) is 6.47. The van der Waals surface area contributed by atoms with Crippen molar-refractivity contribution in [2.75, 3.05) is 0 Å². The molecule has 0 fully saturated rings. The van der Waals surface area contributed by atoms with Crippen molar-refractivity contribution in [3.63, 3.8) is 0 Å². The molecule has 0 amide bonds. The molecule has 0 spiro atoms. The van der Waals surface area contributed by atoms with Crippen LogP contribution < -0.4 is 0 Å². The van der Waals surface area contributed by atoms with Gasteiger partial charge in [0.1, 0.15) is 11.2 Å². The molecule has 1 aliphatic rings. The molecule has 1 aromatic heterocycles. The van der Waals surface area contributed by atoms with E-state index in [9.17, 15) is 20.6 Å². The van der Waals surface area contributed by atoms with Crippen molar-refractivity contribution in [2.24, 2.45) is 0 Å². The topological polar surface area (TPSA) is 13.1 Å². The summed E-state index contributed by atoms with van der Waals surface area (Å²) in [6.45, 7) is -3.57. The molecule has 51 heavy (non-hydrogen) atoms. The first-order valence-electron chi connectivity index (χ1n) is 31.2. The van der Waals surface area contributed by atoms with E-state index >= 15 is 0 Å². The fourth-order valence-electron chi connectivity index (χ4n) is 6.47. The summed E-state index contributed by atoms with van der Waals surface area (Å²) in [5.74, 6) is -3.25. The first-order chi connectivity index (χ1) is 38.5. The highest BCUT2D eigenvalue weighted by atomic mass is 16.3. The van der Waals surface area contributed by atoms with E-state index in [2.05, 4.69) is 0 Å². The number of benzene rings is 9. The van der Waals surface area contributed by atoms with E-state index in [0.717, 1.165) is 0 Å². The van der Waals surface area contributed by atoms with Gasteiger partial charge in [0.2, 0.25) is 0 Å². The molecule has 1 unspecified atom stereocenters. The quantitative estimate of drug-likeness (QED) is 0.169. The van der Waals surface area contributed by atoms with Crippen LogP contribution in [0, 0.1) is 0 Å². The Hall–Kier alpha value is -6.44. The molecule has 238 valence electrons. The summed E-state index contributed by atoms with van der Waals surface area (Å²) < 4.78 is 296. The minimum Gasteiger partial charge on any atom is -0.455 e. The average molecular weight is 681 g/mol. The summed E-state index contributed by atoms with van der Waals surface area (Å²) in [6, 6.07) is -28.2. The molecule has 0 radical (unpaired) electrons. The molecule has 1 nitrogen and oxygen atoms in total. The minimum absolute atomic E-state index is 0.450. The van der Waals surface area contributed by atoms with E-state index < -0.39 is 292 Å². The van der Waals surface area contributed by atoms with Gasteiger partial charge in [0, 0.05) is 27.5 Å². The lowest BCUT2D eigenvalue weighted by atomic mass is 9.85.